The largest absolute Gasteiger partial charge is 0.496 e. The summed E-state index contributed by atoms with van der Waals surface area (Å²) in [4.78, 5) is 29.4. The number of amides is 2. The molecule has 0 radical (unpaired) electrons. The first kappa shape index (κ1) is 29.5. The van der Waals surface area contributed by atoms with E-state index >= 15 is 0 Å². The van der Waals surface area contributed by atoms with Gasteiger partial charge in [0.1, 0.15) is 23.3 Å². The number of benzene rings is 3. The molecule has 40 heavy (non-hydrogen) atoms. The zero-order valence-corrected chi connectivity index (χ0v) is 24.7. The van der Waals surface area contributed by atoms with Crippen LogP contribution in [0.15, 0.2) is 77.3 Å². The molecule has 1 saturated carbocycles. The predicted octanol–water partition coefficient (Wildman–Crippen LogP) is 5.93. The molecule has 0 aliphatic heterocycles. The van der Waals surface area contributed by atoms with Gasteiger partial charge in [-0.15, -0.1) is 0 Å². The van der Waals surface area contributed by atoms with E-state index in [0.29, 0.717) is 23.7 Å². The Morgan fingerprint density at radius 2 is 1.52 bits per heavy atom. The summed E-state index contributed by atoms with van der Waals surface area (Å²) in [6.45, 7) is 0.0188. The molecule has 3 aromatic carbocycles. The lowest BCUT2D eigenvalue weighted by Gasteiger charge is -2.33. The highest BCUT2D eigenvalue weighted by molar-refractivity contribution is 9.10. The van der Waals surface area contributed by atoms with E-state index in [1.165, 1.54) is 6.42 Å². The number of nitrogens with zero attached hydrogens (tertiary/aromatic N) is 1. The van der Waals surface area contributed by atoms with Gasteiger partial charge in [-0.3, -0.25) is 9.59 Å². The molecule has 2 amide bonds. The van der Waals surface area contributed by atoms with Gasteiger partial charge in [-0.1, -0.05) is 77.7 Å². The first-order chi connectivity index (χ1) is 19.4. The smallest absolute Gasteiger partial charge is 0.261 e. The highest BCUT2D eigenvalue weighted by atomic mass is 79.9. The number of hydrogen-bond donors (Lipinski definition) is 1. The van der Waals surface area contributed by atoms with Gasteiger partial charge in [0.05, 0.1) is 14.2 Å². The van der Waals surface area contributed by atoms with Crippen LogP contribution in [-0.4, -0.2) is 49.6 Å². The molecule has 0 bridgehead atoms. The zero-order chi connectivity index (χ0) is 28.3. The number of halogens is 1. The van der Waals surface area contributed by atoms with Crippen molar-refractivity contribution in [2.75, 3.05) is 20.8 Å². The molecule has 1 aliphatic rings. The van der Waals surface area contributed by atoms with E-state index < -0.39 is 6.04 Å². The van der Waals surface area contributed by atoms with E-state index in [-0.39, 0.29) is 31.0 Å². The Balaban J connectivity index is 1.62. The van der Waals surface area contributed by atoms with Gasteiger partial charge in [0, 0.05) is 41.7 Å². The Bertz CT molecular complexity index is 1240. The van der Waals surface area contributed by atoms with Crippen LogP contribution in [0.2, 0.25) is 0 Å². The third-order valence-electron chi connectivity index (χ3n) is 7.15. The van der Waals surface area contributed by atoms with Crippen LogP contribution in [0.5, 0.6) is 17.2 Å². The lowest BCUT2D eigenvalue weighted by Crippen LogP contribution is -2.53. The van der Waals surface area contributed by atoms with E-state index in [2.05, 4.69) is 21.2 Å². The highest BCUT2D eigenvalue weighted by Gasteiger charge is 2.32. The fourth-order valence-electron chi connectivity index (χ4n) is 5.02. The maximum Gasteiger partial charge on any atom is 0.261 e. The van der Waals surface area contributed by atoms with Crippen LogP contribution in [0, 0.1) is 0 Å². The summed E-state index contributed by atoms with van der Waals surface area (Å²) in [5, 5.41) is 3.26. The highest BCUT2D eigenvalue weighted by Crippen LogP contribution is 2.28. The number of nitrogens with one attached hydrogen (secondary N) is 1. The number of rotatable bonds is 12. The topological polar surface area (TPSA) is 77.1 Å². The van der Waals surface area contributed by atoms with Gasteiger partial charge >= 0.3 is 0 Å². The van der Waals surface area contributed by atoms with Gasteiger partial charge in [-0.2, -0.15) is 0 Å². The van der Waals surface area contributed by atoms with E-state index in [1.807, 2.05) is 54.6 Å². The summed E-state index contributed by atoms with van der Waals surface area (Å²) in [6, 6.07) is 22.2. The van der Waals surface area contributed by atoms with E-state index in [0.717, 1.165) is 41.3 Å². The maximum atomic E-state index is 13.9. The number of carbonyl (C=O) groups excluding carboxylic acids is 2. The molecule has 1 atom stereocenters. The van der Waals surface area contributed by atoms with E-state index in [1.54, 1.807) is 37.3 Å². The molecule has 0 heterocycles. The number of methoxy groups -OCH3 is 2. The molecule has 7 nitrogen and oxygen atoms in total. The third kappa shape index (κ3) is 8.49. The van der Waals surface area contributed by atoms with Gasteiger partial charge in [-0.05, 0) is 36.1 Å². The van der Waals surface area contributed by atoms with Crippen LogP contribution in [0.4, 0.5) is 0 Å². The van der Waals surface area contributed by atoms with Crippen LogP contribution in [0.1, 0.15) is 43.2 Å². The SMILES string of the molecule is COc1cc(OC)cc(OCC(=O)N(Cc2cccc(Br)c2)[C@H](Cc2ccccc2)C(=O)NC2CCCCC2)c1. The average Bonchev–Trinajstić information content (AvgIpc) is 2.98. The monoisotopic (exact) mass is 608 g/mol. The first-order valence-electron chi connectivity index (χ1n) is 13.7. The van der Waals surface area contributed by atoms with Crippen LogP contribution < -0.4 is 19.5 Å². The molecule has 0 spiro atoms. The summed E-state index contributed by atoms with van der Waals surface area (Å²) in [6.07, 6.45) is 5.72. The molecule has 0 saturated heterocycles. The molecular weight excluding hydrogens is 572 g/mol. The minimum absolute atomic E-state index is 0.128. The standard InChI is InChI=1S/C32H37BrN2O5/c1-38-27-18-28(39-2)20-29(19-27)40-22-31(36)35(21-24-12-9-13-25(33)16-24)30(17-23-10-5-3-6-11-23)32(37)34-26-14-7-4-8-15-26/h3,5-6,9-13,16,18-20,26,30H,4,7-8,14-15,17,21-22H2,1-2H3,(H,34,37)/t30-/m1/s1. The molecule has 1 N–H and O–H groups in total. The van der Waals surface area contributed by atoms with Gasteiger partial charge in [0.25, 0.3) is 5.91 Å². The lowest BCUT2D eigenvalue weighted by atomic mass is 9.94. The molecule has 3 aromatic rings. The second-order valence-electron chi connectivity index (χ2n) is 10.0. The van der Waals surface area contributed by atoms with E-state index in [4.69, 9.17) is 14.2 Å². The second kappa shape index (κ2) is 14.7. The van der Waals surface area contributed by atoms with Crippen LogP contribution >= 0.6 is 15.9 Å². The van der Waals surface area contributed by atoms with Gasteiger partial charge < -0.3 is 24.4 Å². The van der Waals surface area contributed by atoms with Crippen molar-refractivity contribution in [3.8, 4) is 17.2 Å². The number of ether oxygens (including phenoxy) is 3. The Labute approximate surface area is 244 Å². The number of hydrogen-bond acceptors (Lipinski definition) is 5. The predicted molar refractivity (Wildman–Crippen MR) is 159 cm³/mol. The van der Waals surface area contributed by atoms with Crippen molar-refractivity contribution in [1.82, 2.24) is 10.2 Å². The third-order valence-corrected chi connectivity index (χ3v) is 7.65. The van der Waals surface area contributed by atoms with Gasteiger partial charge in [0.15, 0.2) is 6.61 Å². The van der Waals surface area contributed by atoms with Crippen LogP contribution in [-0.2, 0) is 22.6 Å². The van der Waals surface area contributed by atoms with Crippen LogP contribution in [0.3, 0.4) is 0 Å². The summed E-state index contributed by atoms with van der Waals surface area (Å²) in [7, 11) is 3.12. The summed E-state index contributed by atoms with van der Waals surface area (Å²) in [5.74, 6) is 1.13. The van der Waals surface area contributed by atoms with Crippen LogP contribution in [0.25, 0.3) is 0 Å². The Kier molecular flexibility index (Phi) is 10.9. The van der Waals surface area contributed by atoms with Crippen molar-refractivity contribution in [2.24, 2.45) is 0 Å². The van der Waals surface area contributed by atoms with E-state index in [9.17, 15) is 9.59 Å². The molecule has 1 aliphatic carbocycles. The molecule has 4 rings (SSSR count). The normalized spacial score (nSPS) is 14.2. The second-order valence-corrected chi connectivity index (χ2v) is 11.0. The Morgan fingerprint density at radius 1 is 0.875 bits per heavy atom. The zero-order valence-electron chi connectivity index (χ0n) is 23.1. The van der Waals surface area contributed by atoms with Crippen molar-refractivity contribution in [3.63, 3.8) is 0 Å². The summed E-state index contributed by atoms with van der Waals surface area (Å²) in [5.41, 5.74) is 1.89. The summed E-state index contributed by atoms with van der Waals surface area (Å²) < 4.78 is 17.5. The molecule has 0 aromatic heterocycles. The first-order valence-corrected chi connectivity index (χ1v) is 14.5. The minimum atomic E-state index is -0.709. The molecule has 212 valence electrons. The maximum absolute atomic E-state index is 13.9. The molecule has 1 fully saturated rings. The fourth-order valence-corrected chi connectivity index (χ4v) is 5.47. The molecule has 0 unspecified atom stereocenters. The number of carbonyl (C=O) groups is 2. The average molecular weight is 610 g/mol. The fraction of sp³-hybridized carbons (Fsp3) is 0.375. The van der Waals surface area contributed by atoms with Crippen molar-refractivity contribution in [3.05, 3.63) is 88.4 Å². The van der Waals surface area contributed by atoms with Gasteiger partial charge in [-0.25, -0.2) is 0 Å². The lowest BCUT2D eigenvalue weighted by molar-refractivity contribution is -0.143. The molecular formula is C32H37BrN2O5. The van der Waals surface area contributed by atoms with Crippen molar-refractivity contribution < 1.29 is 23.8 Å². The van der Waals surface area contributed by atoms with Crippen molar-refractivity contribution in [1.29, 1.82) is 0 Å². The van der Waals surface area contributed by atoms with Crippen molar-refractivity contribution >= 4 is 27.7 Å². The minimum Gasteiger partial charge on any atom is -0.496 e. The molecule has 8 heteroatoms. The van der Waals surface area contributed by atoms with Gasteiger partial charge in [0.2, 0.25) is 5.91 Å². The van der Waals surface area contributed by atoms with Crippen molar-refractivity contribution in [2.45, 2.75) is 57.2 Å². The Morgan fingerprint density at radius 3 is 2.17 bits per heavy atom. The summed E-state index contributed by atoms with van der Waals surface area (Å²) >= 11 is 3.53. The quantitative estimate of drug-likeness (QED) is 0.275. The Hall–Kier alpha value is -3.52.